The number of aromatic nitrogens is 8. The Labute approximate surface area is 203 Å². The average molecular weight is 484 g/mol. The molecule has 1 aliphatic rings. The van der Waals surface area contributed by atoms with Crippen molar-refractivity contribution in [3.8, 4) is 22.8 Å². The van der Waals surface area contributed by atoms with E-state index in [1.54, 1.807) is 54.6 Å². The molecule has 0 aliphatic carbocycles. The number of aliphatic hydroxyl groups is 1. The van der Waals surface area contributed by atoms with Gasteiger partial charge in [-0.1, -0.05) is 11.2 Å². The second-order valence-corrected chi connectivity index (χ2v) is 8.47. The zero-order valence-corrected chi connectivity index (χ0v) is 19.3. The summed E-state index contributed by atoms with van der Waals surface area (Å²) < 4.78 is 7.05. The number of likely N-dealkylation sites (N-methyl/N-ethyl adjacent to an activating group) is 1. The predicted octanol–water partition coefficient (Wildman–Crippen LogP) is 1.66. The summed E-state index contributed by atoms with van der Waals surface area (Å²) in [5.74, 6) is 0.484. The fourth-order valence-electron chi connectivity index (χ4n) is 4.13. The zero-order valence-electron chi connectivity index (χ0n) is 19.3. The van der Waals surface area contributed by atoms with E-state index in [4.69, 9.17) is 4.52 Å². The van der Waals surface area contributed by atoms with Gasteiger partial charge in [0.05, 0.1) is 40.4 Å². The number of hydrogen-bond donors (Lipinski definition) is 2. The Kier molecular flexibility index (Phi) is 4.93. The first-order valence-electron chi connectivity index (χ1n) is 11.1. The maximum Gasteiger partial charge on any atom is 0.262 e. The Morgan fingerprint density at radius 3 is 2.69 bits per heavy atom. The molecule has 5 aromatic rings. The lowest BCUT2D eigenvalue weighted by molar-refractivity contribution is -0.144. The SMILES string of the molecule is CN1CC[C@@](O)(c2cc(-c3cccc(-c4ccnc(Nc5nncc6c5cnn6C)n4)n3)no2)C1=O. The molecule has 180 valence electrons. The second kappa shape index (κ2) is 8.16. The fourth-order valence-corrected chi connectivity index (χ4v) is 4.13. The smallest absolute Gasteiger partial charge is 0.262 e. The second-order valence-electron chi connectivity index (χ2n) is 8.47. The van der Waals surface area contributed by atoms with Crippen LogP contribution < -0.4 is 5.32 Å². The van der Waals surface area contributed by atoms with Gasteiger partial charge in [0.15, 0.2) is 11.6 Å². The maximum absolute atomic E-state index is 12.4. The number of nitrogens with one attached hydrogen (secondary N) is 1. The molecule has 1 aliphatic heterocycles. The van der Waals surface area contributed by atoms with Gasteiger partial charge in [-0.25, -0.2) is 15.0 Å². The van der Waals surface area contributed by atoms with Crippen molar-refractivity contribution in [1.82, 2.24) is 45.0 Å². The molecule has 13 heteroatoms. The summed E-state index contributed by atoms with van der Waals surface area (Å²) in [7, 11) is 3.46. The normalized spacial score (nSPS) is 17.8. The van der Waals surface area contributed by atoms with E-state index in [2.05, 4.69) is 40.7 Å². The number of fused-ring (bicyclic) bond motifs is 1. The number of amides is 1. The van der Waals surface area contributed by atoms with Crippen LogP contribution in [0.3, 0.4) is 0 Å². The van der Waals surface area contributed by atoms with Crippen LogP contribution in [0.15, 0.2) is 53.4 Å². The summed E-state index contributed by atoms with van der Waals surface area (Å²) in [4.78, 5) is 27.4. The van der Waals surface area contributed by atoms with Gasteiger partial charge in [0.2, 0.25) is 11.5 Å². The van der Waals surface area contributed by atoms with E-state index in [-0.39, 0.29) is 12.2 Å². The van der Waals surface area contributed by atoms with Crippen molar-refractivity contribution in [3.63, 3.8) is 0 Å². The highest BCUT2D eigenvalue weighted by Gasteiger charge is 2.48. The van der Waals surface area contributed by atoms with E-state index in [0.29, 0.717) is 41.1 Å². The quantitative estimate of drug-likeness (QED) is 0.373. The molecule has 36 heavy (non-hydrogen) atoms. The third kappa shape index (κ3) is 3.53. The molecule has 6 rings (SSSR count). The molecule has 2 N–H and O–H groups in total. The van der Waals surface area contributed by atoms with Crippen molar-refractivity contribution in [3.05, 3.63) is 54.7 Å². The van der Waals surface area contributed by atoms with Crippen molar-refractivity contribution < 1.29 is 14.4 Å². The van der Waals surface area contributed by atoms with Gasteiger partial charge in [0.1, 0.15) is 5.69 Å². The summed E-state index contributed by atoms with van der Waals surface area (Å²) >= 11 is 0. The summed E-state index contributed by atoms with van der Waals surface area (Å²) in [6.07, 6.45) is 5.18. The summed E-state index contributed by atoms with van der Waals surface area (Å²) in [5, 5.41) is 31.1. The topological polar surface area (TPSA) is 161 Å². The largest absolute Gasteiger partial charge is 0.373 e. The van der Waals surface area contributed by atoms with Gasteiger partial charge in [-0.05, 0) is 18.2 Å². The minimum absolute atomic E-state index is 0.0956. The van der Waals surface area contributed by atoms with Gasteiger partial charge >= 0.3 is 0 Å². The van der Waals surface area contributed by atoms with E-state index < -0.39 is 11.5 Å². The van der Waals surface area contributed by atoms with Crippen molar-refractivity contribution >= 4 is 28.6 Å². The van der Waals surface area contributed by atoms with E-state index in [1.165, 1.54) is 4.90 Å². The number of rotatable bonds is 5. The maximum atomic E-state index is 12.4. The molecule has 1 fully saturated rings. The molecule has 0 saturated carbocycles. The summed E-state index contributed by atoms with van der Waals surface area (Å²) in [6.45, 7) is 0.435. The lowest BCUT2D eigenvalue weighted by Crippen LogP contribution is -2.35. The van der Waals surface area contributed by atoms with Gasteiger partial charge in [-0.2, -0.15) is 10.2 Å². The minimum Gasteiger partial charge on any atom is -0.373 e. The number of anilines is 2. The third-order valence-corrected chi connectivity index (χ3v) is 6.16. The van der Waals surface area contributed by atoms with Crippen LogP contribution >= 0.6 is 0 Å². The van der Waals surface area contributed by atoms with Gasteiger partial charge in [-0.15, -0.1) is 5.10 Å². The highest BCUT2D eigenvalue weighted by Crippen LogP contribution is 2.34. The number of likely N-dealkylation sites (tertiary alicyclic amines) is 1. The molecule has 1 amide bonds. The van der Waals surface area contributed by atoms with Gasteiger partial charge in [0.25, 0.3) is 5.91 Å². The Morgan fingerprint density at radius 2 is 1.89 bits per heavy atom. The first-order valence-corrected chi connectivity index (χ1v) is 11.1. The number of carbonyl (C=O) groups is 1. The summed E-state index contributed by atoms with van der Waals surface area (Å²) in [5.41, 5.74) is 1.14. The van der Waals surface area contributed by atoms with Crippen molar-refractivity contribution in [2.45, 2.75) is 12.0 Å². The monoisotopic (exact) mass is 484 g/mol. The van der Waals surface area contributed by atoms with Crippen LogP contribution in [-0.2, 0) is 17.4 Å². The minimum atomic E-state index is -1.72. The molecule has 0 spiro atoms. The molecule has 1 atom stereocenters. The van der Waals surface area contributed by atoms with Crippen LogP contribution in [-0.4, -0.2) is 69.6 Å². The number of nitrogens with zero attached hydrogens (tertiary/aromatic N) is 9. The number of aryl methyl sites for hydroxylation is 1. The fraction of sp³-hybridized carbons (Fsp3) is 0.217. The lowest BCUT2D eigenvalue weighted by Gasteiger charge is -2.16. The molecule has 0 aromatic carbocycles. The molecule has 0 unspecified atom stereocenters. The highest BCUT2D eigenvalue weighted by atomic mass is 16.5. The van der Waals surface area contributed by atoms with E-state index in [9.17, 15) is 9.90 Å². The molecule has 6 heterocycles. The third-order valence-electron chi connectivity index (χ3n) is 6.16. The number of carbonyl (C=O) groups excluding carboxylic acids is 1. The first-order chi connectivity index (χ1) is 17.4. The highest BCUT2D eigenvalue weighted by molar-refractivity contribution is 5.89. The molecular formula is C23H20N10O3. The van der Waals surface area contributed by atoms with Gasteiger partial charge in [0, 0.05) is 39.3 Å². The molecular weight excluding hydrogens is 464 g/mol. The van der Waals surface area contributed by atoms with Gasteiger partial charge < -0.3 is 19.8 Å². The Bertz CT molecular complexity index is 1610. The van der Waals surface area contributed by atoms with Gasteiger partial charge in [-0.3, -0.25) is 9.48 Å². The number of pyridine rings is 1. The van der Waals surface area contributed by atoms with E-state index >= 15 is 0 Å². The summed E-state index contributed by atoms with van der Waals surface area (Å²) in [6, 6.07) is 8.66. The Balaban J connectivity index is 1.29. The van der Waals surface area contributed by atoms with Crippen LogP contribution in [0.25, 0.3) is 33.7 Å². The Hall–Kier alpha value is -4.78. The van der Waals surface area contributed by atoms with Crippen LogP contribution in [0.2, 0.25) is 0 Å². The number of hydrogen-bond acceptors (Lipinski definition) is 11. The van der Waals surface area contributed by atoms with Crippen LogP contribution in [0, 0.1) is 0 Å². The van der Waals surface area contributed by atoms with Crippen LogP contribution in [0.4, 0.5) is 11.8 Å². The molecule has 1 saturated heterocycles. The molecule has 0 bridgehead atoms. The van der Waals surface area contributed by atoms with E-state index in [1.807, 2.05) is 13.1 Å². The van der Waals surface area contributed by atoms with Crippen LogP contribution in [0.5, 0.6) is 0 Å². The lowest BCUT2D eigenvalue weighted by atomic mass is 9.98. The molecule has 13 nitrogen and oxygen atoms in total. The first kappa shape index (κ1) is 21.7. The van der Waals surface area contributed by atoms with Crippen molar-refractivity contribution in [1.29, 1.82) is 0 Å². The van der Waals surface area contributed by atoms with Crippen molar-refractivity contribution in [2.75, 3.05) is 18.9 Å². The Morgan fingerprint density at radius 1 is 1.08 bits per heavy atom. The van der Waals surface area contributed by atoms with Crippen LogP contribution in [0.1, 0.15) is 12.2 Å². The van der Waals surface area contributed by atoms with E-state index in [0.717, 1.165) is 10.9 Å². The molecule has 5 aromatic heterocycles. The standard InChI is InChI=1S/C23H20N10O3/c1-32-9-7-23(35,21(32)34)19-10-17(31-36-19)15-5-3-4-14(27-15)16-6-8-24-22(28-16)29-20-13-11-26-33(2)18(13)12-25-30-20/h3-6,8,10-12,35H,7,9H2,1-2H3,(H,24,28,29,30)/t23-/m1/s1. The molecule has 0 radical (unpaired) electrons. The predicted molar refractivity (Wildman–Crippen MR) is 126 cm³/mol. The zero-order chi connectivity index (χ0) is 24.9. The average Bonchev–Trinajstić information content (AvgIpc) is 3.61. The van der Waals surface area contributed by atoms with Crippen molar-refractivity contribution in [2.24, 2.45) is 7.05 Å².